The molecule has 2 aromatic rings. The van der Waals surface area contributed by atoms with Crippen molar-refractivity contribution in [3.05, 3.63) is 71.6 Å². The summed E-state index contributed by atoms with van der Waals surface area (Å²) in [6, 6.07) is 14.2. The molecule has 0 bridgehead atoms. The molecule has 4 nitrogen and oxygen atoms in total. The van der Waals surface area contributed by atoms with E-state index in [1.165, 1.54) is 25.1 Å². The smallest absolute Gasteiger partial charge is 0.268 e. The van der Waals surface area contributed by atoms with Gasteiger partial charge in [-0.15, -0.1) is 0 Å². The summed E-state index contributed by atoms with van der Waals surface area (Å²) < 4.78 is 14.7. The van der Waals surface area contributed by atoms with Crippen LogP contribution in [0, 0.1) is 0 Å². The van der Waals surface area contributed by atoms with Crippen LogP contribution in [0.25, 0.3) is 5.57 Å². The lowest BCUT2D eigenvalue weighted by Gasteiger charge is -2.11. The molecule has 0 fully saturated rings. The van der Waals surface area contributed by atoms with Crippen LogP contribution in [-0.4, -0.2) is 17.6 Å². The second kappa shape index (κ2) is 5.61. The molecule has 0 aromatic heterocycles. The lowest BCUT2D eigenvalue weighted by molar-refractivity contribution is -0.122. The fraction of sp³-hybridized carbons (Fsp3) is 0.0556. The summed E-state index contributed by atoms with van der Waals surface area (Å²) in [5.41, 5.74) is 0.305. The summed E-state index contributed by atoms with van der Waals surface area (Å²) >= 11 is 0. The maximum absolute atomic E-state index is 14.7. The van der Waals surface area contributed by atoms with Gasteiger partial charge in [0.2, 0.25) is 11.7 Å². The number of carbonyl (C=O) groups excluding carboxylic acids is 3. The number of halogens is 1. The summed E-state index contributed by atoms with van der Waals surface area (Å²) in [4.78, 5) is 37.3. The summed E-state index contributed by atoms with van der Waals surface area (Å²) in [6.07, 6.45) is 0. The number of imide groups is 1. The highest BCUT2D eigenvalue weighted by molar-refractivity contribution is 6.42. The lowest BCUT2D eigenvalue weighted by Crippen LogP contribution is -2.31. The number of carbonyl (C=O) groups is 3. The van der Waals surface area contributed by atoms with E-state index in [0.717, 1.165) is 4.90 Å². The molecule has 0 N–H and O–H groups in total. The maximum atomic E-state index is 14.7. The number of anilines is 1. The summed E-state index contributed by atoms with van der Waals surface area (Å²) in [5, 5.41) is 0. The Labute approximate surface area is 131 Å². The maximum Gasteiger partial charge on any atom is 0.268 e. The van der Waals surface area contributed by atoms with Crippen molar-refractivity contribution < 1.29 is 18.8 Å². The number of Topliss-reactive ketones (excluding diaryl/α,β-unsaturated/α-hetero) is 1. The summed E-state index contributed by atoms with van der Waals surface area (Å²) in [6.45, 7) is 1.22. The van der Waals surface area contributed by atoms with Crippen molar-refractivity contribution in [1.29, 1.82) is 0 Å². The quantitative estimate of drug-likeness (QED) is 0.632. The molecule has 0 spiro atoms. The van der Waals surface area contributed by atoms with E-state index in [9.17, 15) is 18.8 Å². The molecule has 23 heavy (non-hydrogen) atoms. The first-order valence-corrected chi connectivity index (χ1v) is 6.96. The van der Waals surface area contributed by atoms with Crippen molar-refractivity contribution in [2.24, 2.45) is 0 Å². The van der Waals surface area contributed by atoms with Gasteiger partial charge >= 0.3 is 0 Å². The first-order valence-electron chi connectivity index (χ1n) is 6.96. The van der Waals surface area contributed by atoms with Crippen molar-refractivity contribution in [1.82, 2.24) is 0 Å². The van der Waals surface area contributed by atoms with Gasteiger partial charge in [0.05, 0.1) is 11.3 Å². The standard InChI is InChI=1S/C18H12FNO3/c1-11(21)20-14-10-6-5-9-13(14)15(18(20)23)16(19)17(22)12-7-3-2-4-8-12/h2-10H,1H3/b16-15+. The van der Waals surface area contributed by atoms with Gasteiger partial charge in [-0.25, -0.2) is 9.29 Å². The third-order valence-electron chi connectivity index (χ3n) is 3.60. The van der Waals surface area contributed by atoms with Crippen LogP contribution in [0.5, 0.6) is 0 Å². The van der Waals surface area contributed by atoms with E-state index in [4.69, 9.17) is 0 Å². The zero-order valence-electron chi connectivity index (χ0n) is 12.2. The highest BCUT2D eigenvalue weighted by atomic mass is 19.1. The fourth-order valence-electron chi connectivity index (χ4n) is 2.57. The van der Waals surface area contributed by atoms with Crippen molar-refractivity contribution >= 4 is 28.9 Å². The minimum absolute atomic E-state index is 0.143. The molecule has 0 unspecified atom stereocenters. The lowest BCUT2D eigenvalue weighted by atomic mass is 10.0. The van der Waals surface area contributed by atoms with Crippen molar-refractivity contribution in [3.63, 3.8) is 0 Å². The molecule has 0 radical (unpaired) electrons. The van der Waals surface area contributed by atoms with Gasteiger partial charge < -0.3 is 0 Å². The molecule has 0 saturated carbocycles. The Morgan fingerprint density at radius 1 is 0.957 bits per heavy atom. The molecule has 1 heterocycles. The van der Waals surface area contributed by atoms with E-state index in [0.29, 0.717) is 0 Å². The van der Waals surface area contributed by atoms with Crippen molar-refractivity contribution in [2.45, 2.75) is 6.92 Å². The van der Waals surface area contributed by atoms with E-state index in [1.54, 1.807) is 36.4 Å². The van der Waals surface area contributed by atoms with Crippen molar-refractivity contribution in [2.75, 3.05) is 4.90 Å². The normalized spacial score (nSPS) is 15.4. The number of hydrogen-bond acceptors (Lipinski definition) is 3. The Bertz CT molecular complexity index is 856. The first-order chi connectivity index (χ1) is 11.0. The average molecular weight is 309 g/mol. The van der Waals surface area contributed by atoms with Crippen LogP contribution in [0.3, 0.4) is 0 Å². The van der Waals surface area contributed by atoms with Gasteiger partial charge in [-0.3, -0.25) is 14.4 Å². The van der Waals surface area contributed by atoms with Gasteiger partial charge in [0.1, 0.15) is 0 Å². The molecular weight excluding hydrogens is 297 g/mol. The number of fused-ring (bicyclic) bond motifs is 1. The zero-order valence-corrected chi connectivity index (χ0v) is 12.2. The molecule has 0 aliphatic carbocycles. The number of allylic oxidation sites excluding steroid dienone is 1. The summed E-state index contributed by atoms with van der Waals surface area (Å²) in [7, 11) is 0. The van der Waals surface area contributed by atoms with Crippen LogP contribution in [0.15, 0.2) is 60.4 Å². The zero-order chi connectivity index (χ0) is 16.6. The van der Waals surface area contributed by atoms with Crippen LogP contribution in [0.1, 0.15) is 22.8 Å². The van der Waals surface area contributed by atoms with Gasteiger partial charge in [0.15, 0.2) is 5.83 Å². The van der Waals surface area contributed by atoms with E-state index < -0.39 is 23.4 Å². The number of rotatable bonds is 2. The van der Waals surface area contributed by atoms with Gasteiger partial charge in [0, 0.05) is 18.1 Å². The second-order valence-corrected chi connectivity index (χ2v) is 5.06. The highest BCUT2D eigenvalue weighted by Crippen LogP contribution is 2.39. The molecule has 0 atom stereocenters. The summed E-state index contributed by atoms with van der Waals surface area (Å²) in [5.74, 6) is -3.38. The van der Waals surface area contributed by atoms with Gasteiger partial charge in [-0.2, -0.15) is 0 Å². The number of hydrogen-bond donors (Lipinski definition) is 0. The average Bonchev–Trinajstić information content (AvgIpc) is 2.86. The number of ketones is 1. The molecule has 2 amide bonds. The van der Waals surface area contributed by atoms with E-state index in [-0.39, 0.29) is 22.4 Å². The Balaban J connectivity index is 2.17. The van der Waals surface area contributed by atoms with Gasteiger partial charge in [-0.1, -0.05) is 48.5 Å². The van der Waals surface area contributed by atoms with E-state index >= 15 is 0 Å². The number of nitrogens with zero attached hydrogens (tertiary/aromatic N) is 1. The molecular formula is C18H12FNO3. The highest BCUT2D eigenvalue weighted by Gasteiger charge is 2.38. The molecule has 1 aliphatic heterocycles. The van der Waals surface area contributed by atoms with E-state index in [2.05, 4.69) is 0 Å². The third-order valence-corrected chi connectivity index (χ3v) is 3.60. The molecule has 5 heteroatoms. The molecule has 1 aliphatic rings. The van der Waals surface area contributed by atoms with Crippen LogP contribution in [-0.2, 0) is 9.59 Å². The number of para-hydroxylation sites is 1. The van der Waals surface area contributed by atoms with Crippen LogP contribution in [0.4, 0.5) is 10.1 Å². The Kier molecular flexibility index (Phi) is 3.62. The number of amides is 2. The van der Waals surface area contributed by atoms with E-state index in [1.807, 2.05) is 0 Å². The second-order valence-electron chi connectivity index (χ2n) is 5.06. The Morgan fingerprint density at radius 3 is 2.22 bits per heavy atom. The Hall–Kier alpha value is -3.08. The largest absolute Gasteiger partial charge is 0.286 e. The van der Waals surface area contributed by atoms with Crippen LogP contribution >= 0.6 is 0 Å². The first kappa shape index (κ1) is 14.8. The molecule has 0 saturated heterocycles. The minimum atomic E-state index is -1.16. The monoisotopic (exact) mass is 309 g/mol. The van der Waals surface area contributed by atoms with Crippen molar-refractivity contribution in [3.8, 4) is 0 Å². The minimum Gasteiger partial charge on any atom is -0.286 e. The third kappa shape index (κ3) is 2.36. The predicted molar refractivity (Wildman–Crippen MR) is 83.4 cm³/mol. The fourth-order valence-corrected chi connectivity index (χ4v) is 2.57. The van der Waals surface area contributed by atoms with Gasteiger partial charge in [0.25, 0.3) is 5.91 Å². The Morgan fingerprint density at radius 2 is 1.57 bits per heavy atom. The predicted octanol–water partition coefficient (Wildman–Crippen LogP) is 3.14. The topological polar surface area (TPSA) is 54.5 Å². The van der Waals surface area contributed by atoms with Crippen LogP contribution < -0.4 is 4.90 Å². The molecule has 2 aromatic carbocycles. The van der Waals surface area contributed by atoms with Gasteiger partial charge in [-0.05, 0) is 6.07 Å². The molecule has 3 rings (SSSR count). The molecule has 114 valence electrons. The SMILES string of the molecule is CC(=O)N1C(=O)/C(=C(/F)C(=O)c2ccccc2)c2ccccc21. The van der Waals surface area contributed by atoms with Crippen LogP contribution in [0.2, 0.25) is 0 Å². The number of benzene rings is 2.